The van der Waals surface area contributed by atoms with Crippen LogP contribution in [0.1, 0.15) is 43.4 Å². The quantitative estimate of drug-likeness (QED) is 0.678. The third-order valence-corrected chi connectivity index (χ3v) is 7.24. The molecule has 0 spiro atoms. The monoisotopic (exact) mass is 417 g/mol. The number of amides is 3. The number of rotatable bonds is 6. The molecule has 5 rings (SSSR count). The van der Waals surface area contributed by atoms with Gasteiger partial charge in [-0.25, -0.2) is 0 Å². The molecule has 0 unspecified atom stereocenters. The van der Waals surface area contributed by atoms with E-state index in [1.165, 1.54) is 11.3 Å². The van der Waals surface area contributed by atoms with Gasteiger partial charge in [0.1, 0.15) is 0 Å². The van der Waals surface area contributed by atoms with Gasteiger partial charge in [-0.1, -0.05) is 36.4 Å². The van der Waals surface area contributed by atoms with Crippen LogP contribution in [0.5, 0.6) is 0 Å². The zero-order valence-electron chi connectivity index (χ0n) is 17.6. The average molecular weight is 418 g/mol. The van der Waals surface area contributed by atoms with Crippen LogP contribution in [0.15, 0.2) is 54.7 Å². The maximum absolute atomic E-state index is 13.7. The minimum absolute atomic E-state index is 0.00350. The molecule has 6 nitrogen and oxygen atoms in total. The zero-order valence-corrected chi connectivity index (χ0v) is 17.6. The lowest BCUT2D eigenvalue weighted by atomic mass is 9.75. The highest BCUT2D eigenvalue weighted by Gasteiger charge is 2.54. The van der Waals surface area contributed by atoms with E-state index in [-0.39, 0.29) is 37.1 Å². The topological polar surface area (TPSA) is 70.6 Å². The predicted molar refractivity (Wildman–Crippen MR) is 115 cm³/mol. The third kappa shape index (κ3) is 3.54. The summed E-state index contributed by atoms with van der Waals surface area (Å²) in [5.41, 5.74) is 0.484. The van der Waals surface area contributed by atoms with E-state index in [0.717, 1.165) is 30.6 Å². The van der Waals surface area contributed by atoms with E-state index in [1.54, 1.807) is 6.20 Å². The van der Waals surface area contributed by atoms with Gasteiger partial charge >= 0.3 is 0 Å². The normalized spacial score (nSPS) is 27.4. The van der Waals surface area contributed by atoms with E-state index in [9.17, 15) is 14.4 Å². The highest BCUT2D eigenvalue weighted by Crippen LogP contribution is 2.43. The van der Waals surface area contributed by atoms with Gasteiger partial charge in [-0.3, -0.25) is 24.3 Å². The number of hydrogen-bond acceptors (Lipinski definition) is 4. The lowest BCUT2D eigenvalue weighted by molar-refractivity contribution is -0.143. The first-order valence-electron chi connectivity index (χ1n) is 11.2. The molecule has 1 aromatic heterocycles. The van der Waals surface area contributed by atoms with E-state index in [2.05, 4.69) is 4.98 Å². The molecule has 3 fully saturated rings. The fourth-order valence-electron chi connectivity index (χ4n) is 5.61. The second-order valence-corrected chi connectivity index (χ2v) is 9.10. The van der Waals surface area contributed by atoms with Crippen molar-refractivity contribution < 1.29 is 14.4 Å². The Bertz CT molecular complexity index is 994. The molecule has 3 heterocycles. The Morgan fingerprint density at radius 3 is 2.55 bits per heavy atom. The standard InChI is InChI=1S/C25H27N3O3/c29-22-15-25(19-6-2-1-3-7-19,16-23(30)28-17-18-9-10-21(28)14-18)24(31)27(22)13-11-20-8-4-5-12-26-20/h1-8,12,18,21H,9-11,13-17H2/t18-,21+,25-/m0/s1. The van der Waals surface area contributed by atoms with Gasteiger partial charge in [0.25, 0.3) is 0 Å². The second-order valence-electron chi connectivity index (χ2n) is 9.10. The van der Waals surface area contributed by atoms with Crippen molar-refractivity contribution in [1.29, 1.82) is 0 Å². The van der Waals surface area contributed by atoms with Crippen LogP contribution in [0.3, 0.4) is 0 Å². The Morgan fingerprint density at radius 1 is 1.06 bits per heavy atom. The van der Waals surface area contributed by atoms with Gasteiger partial charge in [-0.2, -0.15) is 0 Å². The van der Waals surface area contributed by atoms with Crippen LogP contribution in [0.2, 0.25) is 0 Å². The molecule has 0 radical (unpaired) electrons. The summed E-state index contributed by atoms with van der Waals surface area (Å²) in [7, 11) is 0. The molecular formula is C25H27N3O3. The zero-order chi connectivity index (χ0) is 21.4. The van der Waals surface area contributed by atoms with E-state index in [0.29, 0.717) is 18.4 Å². The fourth-order valence-corrected chi connectivity index (χ4v) is 5.61. The van der Waals surface area contributed by atoms with Gasteiger partial charge in [0.2, 0.25) is 17.7 Å². The molecule has 1 saturated carbocycles. The number of carbonyl (C=O) groups excluding carboxylic acids is 3. The molecule has 6 heteroatoms. The van der Waals surface area contributed by atoms with Crippen molar-refractivity contribution in [2.75, 3.05) is 13.1 Å². The number of benzene rings is 1. The van der Waals surface area contributed by atoms with Crippen molar-refractivity contribution >= 4 is 17.7 Å². The summed E-state index contributed by atoms with van der Waals surface area (Å²) < 4.78 is 0. The number of aromatic nitrogens is 1. The Morgan fingerprint density at radius 2 is 1.87 bits per heavy atom. The van der Waals surface area contributed by atoms with Crippen molar-refractivity contribution in [2.24, 2.45) is 5.92 Å². The summed E-state index contributed by atoms with van der Waals surface area (Å²) in [6, 6.07) is 15.3. The van der Waals surface area contributed by atoms with Crippen molar-refractivity contribution in [2.45, 2.75) is 50.0 Å². The Kier molecular flexibility index (Phi) is 5.08. The van der Waals surface area contributed by atoms with Gasteiger partial charge in [-0.15, -0.1) is 0 Å². The third-order valence-electron chi connectivity index (χ3n) is 7.24. The Balaban J connectivity index is 1.40. The maximum atomic E-state index is 13.7. The van der Waals surface area contributed by atoms with Crippen LogP contribution in [-0.4, -0.2) is 51.6 Å². The van der Waals surface area contributed by atoms with Gasteiger partial charge in [0, 0.05) is 50.3 Å². The molecule has 1 aliphatic carbocycles. The first-order valence-corrected chi connectivity index (χ1v) is 11.2. The van der Waals surface area contributed by atoms with E-state index in [1.807, 2.05) is 53.4 Å². The molecule has 2 saturated heterocycles. The minimum Gasteiger partial charge on any atom is -0.339 e. The number of piperidine rings is 1. The van der Waals surface area contributed by atoms with E-state index >= 15 is 0 Å². The molecular weight excluding hydrogens is 390 g/mol. The molecule has 2 aliphatic heterocycles. The van der Waals surface area contributed by atoms with Gasteiger partial charge in [-0.05, 0) is 42.9 Å². The first-order chi connectivity index (χ1) is 15.1. The summed E-state index contributed by atoms with van der Waals surface area (Å²) in [4.78, 5) is 47.6. The van der Waals surface area contributed by atoms with Crippen LogP contribution in [-0.2, 0) is 26.2 Å². The van der Waals surface area contributed by atoms with Gasteiger partial charge < -0.3 is 4.90 Å². The summed E-state index contributed by atoms with van der Waals surface area (Å²) in [6.07, 6.45) is 5.64. The molecule has 160 valence electrons. The molecule has 2 bridgehead atoms. The smallest absolute Gasteiger partial charge is 0.240 e. The van der Waals surface area contributed by atoms with Crippen molar-refractivity contribution in [3.63, 3.8) is 0 Å². The molecule has 3 atom stereocenters. The number of likely N-dealkylation sites (tertiary alicyclic amines) is 2. The Labute approximate surface area is 182 Å². The van der Waals surface area contributed by atoms with Crippen LogP contribution < -0.4 is 0 Å². The largest absolute Gasteiger partial charge is 0.339 e. The van der Waals surface area contributed by atoms with Crippen molar-refractivity contribution in [1.82, 2.24) is 14.8 Å². The molecule has 31 heavy (non-hydrogen) atoms. The first kappa shape index (κ1) is 19.9. The number of hydrogen-bond donors (Lipinski definition) is 0. The second kappa shape index (κ2) is 7.91. The number of fused-ring (bicyclic) bond motifs is 2. The predicted octanol–water partition coefficient (Wildman–Crippen LogP) is 2.72. The number of nitrogens with zero attached hydrogens (tertiary/aromatic N) is 3. The average Bonchev–Trinajstić information content (AvgIpc) is 3.49. The van der Waals surface area contributed by atoms with Crippen molar-refractivity contribution in [3.05, 3.63) is 66.0 Å². The lowest BCUT2D eigenvalue weighted by Crippen LogP contribution is -2.45. The van der Waals surface area contributed by atoms with Gasteiger partial charge in [0.05, 0.1) is 5.41 Å². The lowest BCUT2D eigenvalue weighted by Gasteiger charge is -2.32. The number of imide groups is 1. The van der Waals surface area contributed by atoms with Crippen LogP contribution in [0.4, 0.5) is 0 Å². The van der Waals surface area contributed by atoms with Gasteiger partial charge in [0.15, 0.2) is 0 Å². The van der Waals surface area contributed by atoms with E-state index in [4.69, 9.17) is 0 Å². The van der Waals surface area contributed by atoms with Crippen LogP contribution >= 0.6 is 0 Å². The molecule has 1 aromatic carbocycles. The van der Waals surface area contributed by atoms with Crippen LogP contribution in [0.25, 0.3) is 0 Å². The minimum atomic E-state index is -1.11. The Hall–Kier alpha value is -3.02. The van der Waals surface area contributed by atoms with Crippen molar-refractivity contribution in [3.8, 4) is 0 Å². The molecule has 3 aliphatic rings. The highest BCUT2D eigenvalue weighted by atomic mass is 16.2. The summed E-state index contributed by atoms with van der Waals surface area (Å²) in [5.74, 6) is 0.138. The SMILES string of the molecule is O=C1C[C@](CC(=O)N2C[C@H]3CC[C@@H]2C3)(c2ccccc2)C(=O)N1CCc1ccccn1. The summed E-state index contributed by atoms with van der Waals surface area (Å²) in [6.45, 7) is 1.08. The fraction of sp³-hybridized carbons (Fsp3) is 0.440. The number of pyridine rings is 1. The summed E-state index contributed by atoms with van der Waals surface area (Å²) in [5, 5.41) is 0. The van der Waals surface area contributed by atoms with E-state index < -0.39 is 5.41 Å². The molecule has 0 N–H and O–H groups in total. The number of carbonyl (C=O) groups is 3. The maximum Gasteiger partial charge on any atom is 0.240 e. The van der Waals surface area contributed by atoms with Crippen LogP contribution in [0, 0.1) is 5.92 Å². The summed E-state index contributed by atoms with van der Waals surface area (Å²) >= 11 is 0. The highest BCUT2D eigenvalue weighted by molar-refractivity contribution is 6.10. The molecule has 3 amide bonds. The molecule has 2 aromatic rings.